The van der Waals surface area contributed by atoms with E-state index in [0.717, 1.165) is 10.4 Å². The van der Waals surface area contributed by atoms with Gasteiger partial charge in [-0.1, -0.05) is 41.9 Å². The Morgan fingerprint density at radius 1 is 1.06 bits per heavy atom. The molecule has 0 fully saturated rings. The Hall–Kier alpha value is -3.88. The molecule has 4 heterocycles. The number of thiophene rings is 1. The first-order valence-electron chi connectivity index (χ1n) is 10.5. The fraction of sp³-hybridized carbons (Fsp3) is 0.0800. The van der Waals surface area contributed by atoms with Crippen LogP contribution in [0.25, 0.3) is 5.69 Å². The summed E-state index contributed by atoms with van der Waals surface area (Å²) in [5, 5.41) is 7.75. The van der Waals surface area contributed by atoms with E-state index in [4.69, 9.17) is 16.0 Å². The molecule has 0 atom stereocenters. The van der Waals surface area contributed by atoms with Crippen molar-refractivity contribution in [3.8, 4) is 5.69 Å². The monoisotopic (exact) mass is 490 g/mol. The Bertz CT molecular complexity index is 1490. The van der Waals surface area contributed by atoms with Crippen molar-refractivity contribution in [2.45, 2.75) is 13.1 Å². The number of pyridine rings is 1. The minimum absolute atomic E-state index is 0.166. The maximum absolute atomic E-state index is 13.4. The van der Waals surface area contributed by atoms with Crippen molar-refractivity contribution in [2.75, 3.05) is 5.32 Å². The summed E-state index contributed by atoms with van der Waals surface area (Å²) in [6.45, 7) is 0.881. The summed E-state index contributed by atoms with van der Waals surface area (Å²) in [4.78, 5) is 27.3. The molecule has 1 N–H and O–H groups in total. The van der Waals surface area contributed by atoms with Crippen molar-refractivity contribution in [1.29, 1.82) is 0 Å². The molecule has 0 radical (unpaired) electrons. The van der Waals surface area contributed by atoms with Crippen LogP contribution < -0.4 is 10.9 Å². The molecule has 5 rings (SSSR count). The van der Waals surface area contributed by atoms with Gasteiger partial charge in [0.05, 0.1) is 23.7 Å². The molecule has 0 amide bonds. The molecular formula is C25H19ClN4O3S. The van der Waals surface area contributed by atoms with Gasteiger partial charge in [0, 0.05) is 17.1 Å². The number of hydrogen-bond acceptors (Lipinski definition) is 6. The van der Waals surface area contributed by atoms with Crippen LogP contribution >= 0.6 is 22.9 Å². The Balaban J connectivity index is 1.53. The number of hydrogen-bond donors (Lipinski definition) is 1. The second-order valence-corrected chi connectivity index (χ2v) is 9.30. The highest BCUT2D eigenvalue weighted by molar-refractivity contribution is 7.16. The molecule has 7 nitrogen and oxygen atoms in total. The predicted octanol–water partition coefficient (Wildman–Crippen LogP) is 5.23. The average Bonchev–Trinajstić information content (AvgIpc) is 3.61. The number of ketones is 1. The second kappa shape index (κ2) is 9.54. The normalized spacial score (nSPS) is 11.0. The fourth-order valence-electron chi connectivity index (χ4n) is 3.55. The van der Waals surface area contributed by atoms with Crippen LogP contribution in [0.4, 0.5) is 5.82 Å². The maximum Gasteiger partial charge on any atom is 0.276 e. The molecule has 4 aromatic heterocycles. The Morgan fingerprint density at radius 2 is 1.91 bits per heavy atom. The van der Waals surface area contributed by atoms with Gasteiger partial charge in [-0.3, -0.25) is 9.59 Å². The van der Waals surface area contributed by atoms with Crippen LogP contribution in [0.1, 0.15) is 26.7 Å². The molecule has 0 saturated carbocycles. The number of anilines is 1. The molecule has 0 aliphatic heterocycles. The van der Waals surface area contributed by atoms with Crippen molar-refractivity contribution in [1.82, 2.24) is 14.3 Å². The Labute approximate surface area is 203 Å². The molecule has 5 aromatic rings. The SMILES string of the molecule is O=C(c1cc(NCc2ccc(Cl)s2)n(-c2cccn(Cc3ccccc3)c2=O)n1)c1ccco1. The molecule has 0 bridgehead atoms. The van der Waals surface area contributed by atoms with Crippen LogP contribution in [-0.2, 0) is 13.1 Å². The van der Waals surface area contributed by atoms with Crippen LogP contribution in [0.3, 0.4) is 0 Å². The molecular weight excluding hydrogens is 472 g/mol. The zero-order valence-electron chi connectivity index (χ0n) is 17.8. The highest BCUT2D eigenvalue weighted by atomic mass is 35.5. The lowest BCUT2D eigenvalue weighted by molar-refractivity contribution is 0.100. The first-order chi connectivity index (χ1) is 16.6. The van der Waals surface area contributed by atoms with E-state index in [0.29, 0.717) is 28.9 Å². The summed E-state index contributed by atoms with van der Waals surface area (Å²) >= 11 is 7.50. The van der Waals surface area contributed by atoms with E-state index >= 15 is 0 Å². The third-order valence-electron chi connectivity index (χ3n) is 5.18. The van der Waals surface area contributed by atoms with Gasteiger partial charge in [0.1, 0.15) is 17.2 Å². The van der Waals surface area contributed by atoms with E-state index in [1.165, 1.54) is 22.3 Å². The van der Waals surface area contributed by atoms with Crippen LogP contribution in [-0.4, -0.2) is 20.1 Å². The zero-order chi connectivity index (χ0) is 23.5. The van der Waals surface area contributed by atoms with Gasteiger partial charge in [0.2, 0.25) is 5.78 Å². The summed E-state index contributed by atoms with van der Waals surface area (Å²) in [6.07, 6.45) is 3.17. The Kier molecular flexibility index (Phi) is 6.16. The van der Waals surface area contributed by atoms with E-state index < -0.39 is 0 Å². The minimum atomic E-state index is -0.369. The molecule has 170 valence electrons. The number of nitrogens with one attached hydrogen (secondary N) is 1. The van der Waals surface area contributed by atoms with Crippen LogP contribution in [0.2, 0.25) is 4.34 Å². The van der Waals surface area contributed by atoms with Gasteiger partial charge in [-0.2, -0.15) is 5.10 Å². The standard InChI is InChI=1S/C25H19ClN4O3S/c26-22-11-10-18(34-22)15-27-23-14-19(24(31)21-9-5-13-33-21)28-30(23)20-8-4-12-29(25(20)32)16-17-6-2-1-3-7-17/h1-14,27H,15-16H2. The van der Waals surface area contributed by atoms with Gasteiger partial charge in [-0.15, -0.1) is 11.3 Å². The quantitative estimate of drug-likeness (QED) is 0.301. The van der Waals surface area contributed by atoms with E-state index in [1.54, 1.807) is 41.1 Å². The molecule has 0 aliphatic rings. The largest absolute Gasteiger partial charge is 0.461 e. The zero-order valence-corrected chi connectivity index (χ0v) is 19.4. The fourth-order valence-corrected chi connectivity index (χ4v) is 4.58. The maximum atomic E-state index is 13.4. The first kappa shape index (κ1) is 21.9. The lowest BCUT2D eigenvalue weighted by Crippen LogP contribution is -2.25. The highest BCUT2D eigenvalue weighted by Gasteiger charge is 2.20. The average molecular weight is 491 g/mol. The third-order valence-corrected chi connectivity index (χ3v) is 6.41. The lowest BCUT2D eigenvalue weighted by atomic mass is 10.2. The number of aromatic nitrogens is 3. The van der Waals surface area contributed by atoms with Crippen molar-refractivity contribution >= 4 is 34.5 Å². The Morgan fingerprint density at radius 3 is 2.65 bits per heavy atom. The predicted molar refractivity (Wildman–Crippen MR) is 132 cm³/mol. The van der Waals surface area contributed by atoms with E-state index in [9.17, 15) is 9.59 Å². The number of carbonyl (C=O) groups excluding carboxylic acids is 1. The van der Waals surface area contributed by atoms with Crippen molar-refractivity contribution in [3.05, 3.63) is 122 Å². The smallest absolute Gasteiger partial charge is 0.276 e. The molecule has 0 saturated heterocycles. The van der Waals surface area contributed by atoms with Crippen LogP contribution in [0.15, 0.2) is 94.5 Å². The summed E-state index contributed by atoms with van der Waals surface area (Å²) in [5.74, 6) is 0.316. The number of furan rings is 1. The third kappa shape index (κ3) is 4.59. The van der Waals surface area contributed by atoms with Crippen molar-refractivity contribution in [2.24, 2.45) is 0 Å². The summed E-state index contributed by atoms with van der Waals surface area (Å²) in [7, 11) is 0. The summed E-state index contributed by atoms with van der Waals surface area (Å²) in [6, 6.07) is 21.8. The topological polar surface area (TPSA) is 82.1 Å². The van der Waals surface area contributed by atoms with E-state index in [1.807, 2.05) is 42.5 Å². The number of halogens is 1. The molecule has 1 aromatic carbocycles. The summed E-state index contributed by atoms with van der Waals surface area (Å²) in [5.41, 5.74) is 1.26. The number of nitrogens with zero attached hydrogens (tertiary/aromatic N) is 3. The van der Waals surface area contributed by atoms with Gasteiger partial charge < -0.3 is 14.3 Å². The van der Waals surface area contributed by atoms with E-state index in [2.05, 4.69) is 10.4 Å². The van der Waals surface area contributed by atoms with Crippen LogP contribution in [0, 0.1) is 0 Å². The van der Waals surface area contributed by atoms with Crippen LogP contribution in [0.5, 0.6) is 0 Å². The minimum Gasteiger partial charge on any atom is -0.461 e. The molecule has 0 spiro atoms. The second-order valence-electron chi connectivity index (χ2n) is 7.50. The first-order valence-corrected chi connectivity index (χ1v) is 11.7. The highest BCUT2D eigenvalue weighted by Crippen LogP contribution is 2.24. The van der Waals surface area contributed by atoms with Gasteiger partial charge in [-0.25, -0.2) is 4.68 Å². The number of benzene rings is 1. The lowest BCUT2D eigenvalue weighted by Gasteiger charge is -2.11. The molecule has 34 heavy (non-hydrogen) atoms. The van der Waals surface area contributed by atoms with Gasteiger partial charge in [-0.05, 0) is 42.0 Å². The van der Waals surface area contributed by atoms with Crippen molar-refractivity contribution < 1.29 is 9.21 Å². The van der Waals surface area contributed by atoms with Gasteiger partial charge in [0.15, 0.2) is 5.76 Å². The van der Waals surface area contributed by atoms with Gasteiger partial charge >= 0.3 is 0 Å². The molecule has 0 unspecified atom stereocenters. The van der Waals surface area contributed by atoms with Crippen molar-refractivity contribution in [3.63, 3.8) is 0 Å². The van der Waals surface area contributed by atoms with E-state index in [-0.39, 0.29) is 22.8 Å². The summed E-state index contributed by atoms with van der Waals surface area (Å²) < 4.78 is 9.02. The van der Waals surface area contributed by atoms with Gasteiger partial charge in [0.25, 0.3) is 5.56 Å². The molecule has 0 aliphatic carbocycles. The number of carbonyl (C=O) groups is 1. The number of rotatable bonds is 8. The molecule has 9 heteroatoms.